The number of hydrogen-bond donors (Lipinski definition) is 2. The topological polar surface area (TPSA) is 72.2 Å². The molecule has 0 spiro atoms. The Balaban J connectivity index is 1.97. The van der Waals surface area contributed by atoms with Gasteiger partial charge in [-0.05, 0) is 42.9 Å². The number of fused-ring (bicyclic) bond motifs is 1. The molecule has 126 valence electrons. The second-order valence-electron chi connectivity index (χ2n) is 5.98. The van der Waals surface area contributed by atoms with Crippen LogP contribution in [-0.2, 0) is 12.8 Å². The van der Waals surface area contributed by atoms with Crippen molar-refractivity contribution in [3.05, 3.63) is 49.8 Å². The quantitative estimate of drug-likeness (QED) is 0.817. The van der Waals surface area contributed by atoms with E-state index in [-0.39, 0.29) is 10.6 Å². The summed E-state index contributed by atoms with van der Waals surface area (Å²) in [4.78, 5) is 25.6. The van der Waals surface area contributed by atoms with Crippen LogP contribution in [0.25, 0.3) is 0 Å². The third-order valence-corrected chi connectivity index (χ3v) is 6.17. The van der Waals surface area contributed by atoms with E-state index >= 15 is 0 Å². The van der Waals surface area contributed by atoms with Crippen LogP contribution in [0.1, 0.15) is 44.5 Å². The van der Waals surface area contributed by atoms with Crippen molar-refractivity contribution >= 4 is 51.4 Å². The summed E-state index contributed by atoms with van der Waals surface area (Å²) in [6, 6.07) is 4.85. The smallest absolute Gasteiger partial charge is 0.257 e. The Kier molecular flexibility index (Phi) is 4.85. The Morgan fingerprint density at radius 3 is 2.79 bits per heavy atom. The third-order valence-electron chi connectivity index (χ3n) is 4.18. The summed E-state index contributed by atoms with van der Waals surface area (Å²) < 4.78 is 0. The zero-order chi connectivity index (χ0) is 17.4. The van der Waals surface area contributed by atoms with Crippen LogP contribution in [0.4, 0.5) is 5.00 Å². The Morgan fingerprint density at radius 1 is 1.33 bits per heavy atom. The molecule has 0 saturated carbocycles. The van der Waals surface area contributed by atoms with Gasteiger partial charge in [-0.3, -0.25) is 9.59 Å². The van der Waals surface area contributed by atoms with Crippen LogP contribution in [0, 0.1) is 5.92 Å². The molecule has 0 saturated heterocycles. The molecule has 0 bridgehead atoms. The fourth-order valence-corrected chi connectivity index (χ4v) is 4.75. The van der Waals surface area contributed by atoms with Gasteiger partial charge in [-0.1, -0.05) is 36.2 Å². The summed E-state index contributed by atoms with van der Waals surface area (Å²) in [6.45, 7) is 2.18. The van der Waals surface area contributed by atoms with Crippen LogP contribution in [0.15, 0.2) is 18.2 Å². The summed E-state index contributed by atoms with van der Waals surface area (Å²) in [5.41, 5.74) is 7.21. The van der Waals surface area contributed by atoms with E-state index in [1.54, 1.807) is 18.2 Å². The fourth-order valence-electron chi connectivity index (χ4n) is 2.95. The van der Waals surface area contributed by atoms with Gasteiger partial charge in [-0.15, -0.1) is 11.3 Å². The minimum Gasteiger partial charge on any atom is -0.365 e. The predicted octanol–water partition coefficient (Wildman–Crippen LogP) is 4.53. The number of nitrogens with two attached hydrogens (primary N) is 1. The molecule has 1 aliphatic carbocycles. The minimum atomic E-state index is -0.519. The highest BCUT2D eigenvalue weighted by atomic mass is 35.5. The summed E-state index contributed by atoms with van der Waals surface area (Å²) in [6.07, 6.45) is 2.71. The monoisotopic (exact) mass is 382 g/mol. The number of carbonyl (C=O) groups excluding carboxylic acids is 2. The molecule has 1 heterocycles. The van der Waals surface area contributed by atoms with Gasteiger partial charge in [-0.25, -0.2) is 0 Å². The molecule has 1 aliphatic rings. The van der Waals surface area contributed by atoms with E-state index in [4.69, 9.17) is 28.9 Å². The zero-order valence-corrected chi connectivity index (χ0v) is 15.3. The number of halogens is 2. The molecule has 2 aromatic rings. The van der Waals surface area contributed by atoms with E-state index in [2.05, 4.69) is 12.2 Å². The first-order valence-corrected chi connectivity index (χ1v) is 9.15. The maximum atomic E-state index is 12.5. The number of amides is 2. The molecule has 2 amide bonds. The lowest BCUT2D eigenvalue weighted by molar-refractivity contribution is 0.1000. The van der Waals surface area contributed by atoms with Crippen LogP contribution in [0.3, 0.4) is 0 Å². The van der Waals surface area contributed by atoms with E-state index in [1.165, 1.54) is 11.3 Å². The molecule has 1 aromatic heterocycles. The van der Waals surface area contributed by atoms with Gasteiger partial charge >= 0.3 is 0 Å². The normalized spacial score (nSPS) is 16.5. The van der Waals surface area contributed by atoms with Crippen LogP contribution in [-0.4, -0.2) is 11.8 Å². The summed E-state index contributed by atoms with van der Waals surface area (Å²) in [7, 11) is 0. The SMILES string of the molecule is C[C@@H]1CCc2c(sc(NC(=O)c3cccc(Cl)c3Cl)c2C(N)=O)C1. The lowest BCUT2D eigenvalue weighted by Crippen LogP contribution is -2.19. The molecule has 1 atom stereocenters. The molecule has 24 heavy (non-hydrogen) atoms. The Hall–Kier alpha value is -1.56. The van der Waals surface area contributed by atoms with Gasteiger partial charge in [0.2, 0.25) is 0 Å². The summed E-state index contributed by atoms with van der Waals surface area (Å²) in [5, 5.41) is 3.76. The molecular weight excluding hydrogens is 367 g/mol. The molecule has 3 N–H and O–H groups in total. The van der Waals surface area contributed by atoms with Crippen LogP contribution >= 0.6 is 34.5 Å². The highest BCUT2D eigenvalue weighted by Gasteiger charge is 2.27. The maximum absolute atomic E-state index is 12.5. The highest BCUT2D eigenvalue weighted by Crippen LogP contribution is 2.39. The van der Waals surface area contributed by atoms with Gasteiger partial charge in [0.1, 0.15) is 5.00 Å². The molecule has 0 aliphatic heterocycles. The molecule has 0 unspecified atom stereocenters. The average Bonchev–Trinajstić information content (AvgIpc) is 2.86. The van der Waals surface area contributed by atoms with Gasteiger partial charge < -0.3 is 11.1 Å². The van der Waals surface area contributed by atoms with Crippen molar-refractivity contribution in [3.63, 3.8) is 0 Å². The number of thiophene rings is 1. The van der Waals surface area contributed by atoms with E-state index in [9.17, 15) is 9.59 Å². The van der Waals surface area contributed by atoms with E-state index in [0.29, 0.717) is 21.5 Å². The Bertz CT molecular complexity index is 832. The highest BCUT2D eigenvalue weighted by molar-refractivity contribution is 7.17. The van der Waals surface area contributed by atoms with E-state index in [1.807, 2.05) is 0 Å². The first kappa shape index (κ1) is 17.3. The largest absolute Gasteiger partial charge is 0.365 e. The summed E-state index contributed by atoms with van der Waals surface area (Å²) in [5.74, 6) is -0.367. The third kappa shape index (κ3) is 3.16. The van der Waals surface area contributed by atoms with Crippen molar-refractivity contribution in [2.24, 2.45) is 11.7 Å². The lowest BCUT2D eigenvalue weighted by Gasteiger charge is -2.18. The van der Waals surface area contributed by atoms with Crippen molar-refractivity contribution in [1.82, 2.24) is 0 Å². The van der Waals surface area contributed by atoms with E-state index in [0.717, 1.165) is 29.7 Å². The fraction of sp³-hybridized carbons (Fsp3) is 0.294. The molecule has 4 nitrogen and oxygen atoms in total. The number of carbonyl (C=O) groups is 2. The number of nitrogens with one attached hydrogen (secondary N) is 1. The second-order valence-corrected chi connectivity index (χ2v) is 7.87. The number of hydrogen-bond acceptors (Lipinski definition) is 3. The van der Waals surface area contributed by atoms with Crippen LogP contribution in [0.5, 0.6) is 0 Å². The van der Waals surface area contributed by atoms with Crippen molar-refractivity contribution in [2.45, 2.75) is 26.2 Å². The number of anilines is 1. The predicted molar refractivity (Wildman–Crippen MR) is 98.4 cm³/mol. The molecular formula is C17H16Cl2N2O2S. The van der Waals surface area contributed by atoms with E-state index < -0.39 is 11.8 Å². The minimum absolute atomic E-state index is 0.187. The maximum Gasteiger partial charge on any atom is 0.257 e. The first-order chi connectivity index (χ1) is 11.4. The van der Waals surface area contributed by atoms with Crippen molar-refractivity contribution in [1.29, 1.82) is 0 Å². The number of primary amides is 1. The van der Waals surface area contributed by atoms with Crippen LogP contribution < -0.4 is 11.1 Å². The lowest BCUT2D eigenvalue weighted by atomic mass is 9.88. The second kappa shape index (κ2) is 6.75. The molecule has 0 fully saturated rings. The van der Waals surface area contributed by atoms with Crippen molar-refractivity contribution < 1.29 is 9.59 Å². The molecule has 1 aromatic carbocycles. The van der Waals surface area contributed by atoms with Gasteiger partial charge in [0.05, 0.1) is 21.2 Å². The van der Waals surface area contributed by atoms with Gasteiger partial charge in [-0.2, -0.15) is 0 Å². The van der Waals surface area contributed by atoms with Crippen molar-refractivity contribution in [3.8, 4) is 0 Å². The molecule has 0 radical (unpaired) electrons. The van der Waals surface area contributed by atoms with Gasteiger partial charge in [0.15, 0.2) is 0 Å². The number of benzene rings is 1. The van der Waals surface area contributed by atoms with Gasteiger partial charge in [0, 0.05) is 4.88 Å². The molecule has 7 heteroatoms. The van der Waals surface area contributed by atoms with Gasteiger partial charge in [0.25, 0.3) is 11.8 Å². The van der Waals surface area contributed by atoms with Crippen LogP contribution in [0.2, 0.25) is 10.0 Å². The average molecular weight is 383 g/mol. The van der Waals surface area contributed by atoms with Crippen molar-refractivity contribution in [2.75, 3.05) is 5.32 Å². The summed E-state index contributed by atoms with van der Waals surface area (Å²) >= 11 is 13.5. The standard InChI is InChI=1S/C17H16Cl2N2O2S/c1-8-5-6-9-12(7-8)24-17(13(9)15(20)22)21-16(23)10-3-2-4-11(18)14(10)19/h2-4,8H,5-7H2,1H3,(H2,20,22)(H,21,23)/t8-/m1/s1. The first-order valence-electron chi connectivity index (χ1n) is 7.58. The Morgan fingerprint density at radius 2 is 2.08 bits per heavy atom. The molecule has 3 rings (SSSR count). The number of rotatable bonds is 3. The Labute approximate surface area is 153 Å². The zero-order valence-electron chi connectivity index (χ0n) is 13.0.